The summed E-state index contributed by atoms with van der Waals surface area (Å²) in [5.74, 6) is 1.32. The third-order valence-corrected chi connectivity index (χ3v) is 4.99. The zero-order valence-corrected chi connectivity index (χ0v) is 17.2. The van der Waals surface area contributed by atoms with Gasteiger partial charge in [0, 0.05) is 5.56 Å². The van der Waals surface area contributed by atoms with E-state index < -0.39 is 16.0 Å². The molecule has 154 valence electrons. The van der Waals surface area contributed by atoms with Gasteiger partial charge in [-0.15, -0.1) is 0 Å². The molecule has 0 aliphatic carbocycles. The largest absolute Gasteiger partial charge is 0.744 e. The topological polar surface area (TPSA) is 118 Å². The van der Waals surface area contributed by atoms with E-state index in [2.05, 4.69) is 0 Å². The van der Waals surface area contributed by atoms with Crippen LogP contribution in [0.5, 0.6) is 5.75 Å². The average molecular weight is 417 g/mol. The van der Waals surface area contributed by atoms with E-state index in [0.29, 0.717) is 17.9 Å². The second-order valence-electron chi connectivity index (χ2n) is 6.38. The van der Waals surface area contributed by atoms with Gasteiger partial charge in [-0.05, 0) is 43.3 Å². The van der Waals surface area contributed by atoms with Crippen molar-refractivity contribution >= 4 is 16.0 Å². The molecule has 0 aliphatic heterocycles. The van der Waals surface area contributed by atoms with Crippen LogP contribution in [-0.2, 0) is 30.8 Å². The van der Waals surface area contributed by atoms with Crippen molar-refractivity contribution in [2.75, 3.05) is 0 Å². The Labute approximate surface area is 169 Å². The quantitative estimate of drug-likeness (QED) is 0.498. The zero-order valence-electron chi connectivity index (χ0n) is 16.4. The predicted octanol–water partition coefficient (Wildman–Crippen LogP) is 1.43. The molecule has 0 fully saturated rings. The number of aromatic nitrogens is 2. The summed E-state index contributed by atoms with van der Waals surface area (Å²) in [4.78, 5) is 10.7. The van der Waals surface area contributed by atoms with E-state index in [1.54, 1.807) is 36.4 Å². The fourth-order valence-electron chi connectivity index (χ4n) is 2.39. The fraction of sp³-hybridized carbons (Fsp3) is 0.200. The van der Waals surface area contributed by atoms with Gasteiger partial charge in [0.15, 0.2) is 6.61 Å². The molecule has 1 aromatic heterocycles. The van der Waals surface area contributed by atoms with Gasteiger partial charge in [0.1, 0.15) is 28.3 Å². The van der Waals surface area contributed by atoms with E-state index in [1.807, 2.05) is 42.5 Å². The Bertz CT molecular complexity index is 1050. The summed E-state index contributed by atoms with van der Waals surface area (Å²) in [7, 11) is -0.335. The maximum Gasteiger partial charge on any atom is 0.294 e. The van der Waals surface area contributed by atoms with Crippen LogP contribution in [0.25, 0.3) is 0 Å². The summed E-state index contributed by atoms with van der Waals surface area (Å²) in [6.45, 7) is 2.29. The molecular formula is C20H23N3O5S. The van der Waals surface area contributed by atoms with E-state index in [0.717, 1.165) is 11.4 Å². The standard InChI is InChI=1S/C13H15N3O2.C7H8O3S/c1-15-7-8-16(2)12(15)9-18-11-5-3-10(4-6-11)13(14)17;1-6-2-4-7(5-3-6)11(8,9)10/h3-8H,9H2,1-2H3,(H-,14,17);2-5H,1H3,(H,8,9,10). The number of primary amides is 1. The number of imidazole rings is 1. The molecule has 1 heterocycles. The first kappa shape index (κ1) is 22.1. The van der Waals surface area contributed by atoms with E-state index in [9.17, 15) is 17.8 Å². The van der Waals surface area contributed by atoms with Gasteiger partial charge in [-0.1, -0.05) is 17.7 Å². The van der Waals surface area contributed by atoms with Crippen LogP contribution in [0.4, 0.5) is 0 Å². The molecule has 9 heteroatoms. The molecule has 0 radical (unpaired) electrons. The number of nitrogens with zero attached hydrogens (tertiary/aromatic N) is 2. The van der Waals surface area contributed by atoms with Crippen LogP contribution in [0.3, 0.4) is 0 Å². The lowest BCUT2D eigenvalue weighted by Crippen LogP contribution is -2.32. The summed E-state index contributed by atoms with van der Waals surface area (Å²) in [5.41, 5.74) is 6.57. The van der Waals surface area contributed by atoms with Gasteiger partial charge >= 0.3 is 0 Å². The van der Waals surface area contributed by atoms with Crippen molar-refractivity contribution in [2.24, 2.45) is 19.8 Å². The maximum atomic E-state index is 10.9. The van der Waals surface area contributed by atoms with Gasteiger partial charge in [0.2, 0.25) is 5.91 Å². The number of carbonyl (C=O) groups excluding carboxylic acids is 1. The monoisotopic (exact) mass is 417 g/mol. The molecule has 0 bridgehead atoms. The van der Waals surface area contributed by atoms with Gasteiger partial charge in [-0.2, -0.15) is 0 Å². The van der Waals surface area contributed by atoms with Crippen molar-refractivity contribution < 1.29 is 27.1 Å². The van der Waals surface area contributed by atoms with Crippen molar-refractivity contribution in [2.45, 2.75) is 18.4 Å². The number of rotatable bonds is 5. The fourth-order valence-corrected chi connectivity index (χ4v) is 2.86. The molecule has 0 saturated carbocycles. The Morgan fingerprint density at radius 3 is 2.17 bits per heavy atom. The van der Waals surface area contributed by atoms with Crippen molar-refractivity contribution in [1.82, 2.24) is 4.57 Å². The van der Waals surface area contributed by atoms with Crippen LogP contribution in [0.15, 0.2) is 65.8 Å². The molecule has 2 N–H and O–H groups in total. The second-order valence-corrected chi connectivity index (χ2v) is 7.76. The summed E-state index contributed by atoms with van der Waals surface area (Å²) in [6.07, 6.45) is 3.93. The Kier molecular flexibility index (Phi) is 7.13. The molecular weight excluding hydrogens is 394 g/mol. The molecule has 1 amide bonds. The van der Waals surface area contributed by atoms with Crippen molar-refractivity contribution in [3.63, 3.8) is 0 Å². The Morgan fingerprint density at radius 2 is 1.72 bits per heavy atom. The lowest BCUT2D eigenvalue weighted by molar-refractivity contribution is -0.680. The first-order valence-electron chi connectivity index (χ1n) is 8.63. The lowest BCUT2D eigenvalue weighted by Gasteiger charge is -2.05. The summed E-state index contributed by atoms with van der Waals surface area (Å²) >= 11 is 0. The highest BCUT2D eigenvalue weighted by atomic mass is 32.2. The summed E-state index contributed by atoms with van der Waals surface area (Å²) in [5, 5.41) is 0. The molecule has 3 aromatic rings. The minimum atomic E-state index is -4.27. The van der Waals surface area contributed by atoms with E-state index in [4.69, 9.17) is 10.5 Å². The number of ether oxygens (including phenoxy) is 1. The number of amides is 1. The minimum Gasteiger partial charge on any atom is -0.744 e. The van der Waals surface area contributed by atoms with Crippen LogP contribution in [0.2, 0.25) is 0 Å². The Balaban J connectivity index is 0.000000234. The van der Waals surface area contributed by atoms with Gasteiger partial charge in [0.05, 0.1) is 19.0 Å². The SMILES string of the molecule is Cc1ccc(S(=O)(=O)[O-])cc1.Cn1cc[n+](C)c1COc1ccc(C(N)=O)cc1. The molecule has 0 saturated heterocycles. The molecule has 2 aromatic carbocycles. The molecule has 0 atom stereocenters. The van der Waals surface area contributed by atoms with Gasteiger partial charge in [0.25, 0.3) is 5.82 Å². The highest BCUT2D eigenvalue weighted by Gasteiger charge is 2.11. The van der Waals surface area contributed by atoms with E-state index in [-0.39, 0.29) is 4.90 Å². The number of carbonyl (C=O) groups is 1. The maximum absolute atomic E-state index is 10.9. The van der Waals surface area contributed by atoms with Crippen LogP contribution in [-0.4, -0.2) is 23.4 Å². The average Bonchev–Trinajstić information content (AvgIpc) is 2.98. The summed E-state index contributed by atoms with van der Waals surface area (Å²) in [6, 6.07) is 12.6. The molecule has 29 heavy (non-hydrogen) atoms. The molecule has 0 spiro atoms. The number of nitrogens with two attached hydrogens (primary N) is 1. The number of hydrogen-bond donors (Lipinski definition) is 1. The minimum absolute atomic E-state index is 0.178. The lowest BCUT2D eigenvalue weighted by atomic mass is 10.2. The predicted molar refractivity (Wildman–Crippen MR) is 105 cm³/mol. The highest BCUT2D eigenvalue weighted by Crippen LogP contribution is 2.13. The number of benzene rings is 2. The molecule has 3 rings (SSSR count). The Morgan fingerprint density at radius 1 is 1.14 bits per heavy atom. The molecule has 8 nitrogen and oxygen atoms in total. The van der Waals surface area contributed by atoms with Crippen molar-refractivity contribution in [3.05, 3.63) is 77.9 Å². The van der Waals surface area contributed by atoms with Crippen molar-refractivity contribution in [1.29, 1.82) is 0 Å². The third-order valence-electron chi connectivity index (χ3n) is 4.14. The van der Waals surface area contributed by atoms with E-state index in [1.165, 1.54) is 12.1 Å². The third kappa shape index (κ3) is 6.44. The molecule has 0 unspecified atom stereocenters. The first-order chi connectivity index (χ1) is 13.6. The number of hydrogen-bond acceptors (Lipinski definition) is 5. The Hall–Kier alpha value is -3.17. The van der Waals surface area contributed by atoms with Crippen LogP contribution in [0, 0.1) is 6.92 Å². The van der Waals surface area contributed by atoms with Gasteiger partial charge in [-0.3, -0.25) is 4.79 Å². The zero-order chi connectivity index (χ0) is 21.6. The molecule has 0 aliphatic rings. The number of aryl methyl sites for hydroxylation is 3. The van der Waals surface area contributed by atoms with Gasteiger partial charge in [-0.25, -0.2) is 17.6 Å². The smallest absolute Gasteiger partial charge is 0.294 e. The van der Waals surface area contributed by atoms with Crippen LogP contribution in [0.1, 0.15) is 21.7 Å². The van der Waals surface area contributed by atoms with Gasteiger partial charge < -0.3 is 15.0 Å². The van der Waals surface area contributed by atoms with Crippen LogP contribution >= 0.6 is 0 Å². The highest BCUT2D eigenvalue weighted by molar-refractivity contribution is 7.85. The van der Waals surface area contributed by atoms with Crippen LogP contribution < -0.4 is 15.0 Å². The summed E-state index contributed by atoms with van der Waals surface area (Å²) < 4.78 is 40.8. The van der Waals surface area contributed by atoms with Crippen molar-refractivity contribution in [3.8, 4) is 5.75 Å². The first-order valence-corrected chi connectivity index (χ1v) is 10.0. The van der Waals surface area contributed by atoms with E-state index >= 15 is 0 Å². The normalized spacial score (nSPS) is 10.8. The second kappa shape index (κ2) is 9.35.